The summed E-state index contributed by atoms with van der Waals surface area (Å²) in [4.78, 5) is 0. The molecule has 10 aliphatic rings. The second-order valence-electron chi connectivity index (χ2n) is 29.9. The standard InChI is InChI=1S/C66H114O36/c1-5-6-26(2)29-7-8-30-40-31(19-39(66(29,30)4)90-13-16-93-61-55(87)49(81)58(38(25-72)99-61)102-64-52(84)46(78)43(75)35(22-69)96-64)65(3)10-9-28(88-11-14-91-59-53(85)47(79)56(36(23-70)97-59)100-62-50(82)44(76)41(73)33(20-67)94-62)17-27(65)18-32(40)89-12-15-92-60-54(86)48(80)57(37(24-71)98-60)101-63-51(83)45(77)42(74)34(21-68)95-63/h26-64,67-87H,5-25H2,1-4H3/t26-,27+,28-,29-,30+,31+,32-,33?,34?,35?,36?,37?,38?,39+,40+,41-,42+,43-,44+,45-,46+,47-,48+,49-,50?,51?,52?,53?,54?,55?,56-,57+,58-,59-,60+,61-,62-,63+,64-,65+,66-/m1/s1. The third-order valence-corrected chi connectivity index (χ3v) is 24.2. The molecule has 0 spiro atoms. The van der Waals surface area contributed by atoms with Crippen LogP contribution in [-0.2, 0) is 71.1 Å². The summed E-state index contributed by atoms with van der Waals surface area (Å²) in [7, 11) is 0. The Labute approximate surface area is 590 Å². The van der Waals surface area contributed by atoms with Crippen molar-refractivity contribution in [1.29, 1.82) is 0 Å². The highest BCUT2D eigenvalue weighted by molar-refractivity contribution is 5.15. The second kappa shape index (κ2) is 36.2. The monoisotopic (exact) mass is 1480 g/mol. The second-order valence-corrected chi connectivity index (χ2v) is 29.9. The number of hydrogen-bond donors (Lipinski definition) is 21. The molecule has 0 aromatic rings. The maximum atomic E-state index is 11.4. The first-order valence-corrected chi connectivity index (χ1v) is 36.1. The summed E-state index contributed by atoms with van der Waals surface area (Å²) in [6, 6.07) is 0. The van der Waals surface area contributed by atoms with Crippen LogP contribution in [0, 0.1) is 46.3 Å². The summed E-state index contributed by atoms with van der Waals surface area (Å²) in [5, 5.41) is 222. The molecule has 0 amide bonds. The Balaban J connectivity index is 0.821. The molecular weight excluding hydrogens is 1370 g/mol. The lowest BCUT2D eigenvalue weighted by Gasteiger charge is -2.64. The molecule has 102 heavy (non-hydrogen) atoms. The van der Waals surface area contributed by atoms with Crippen molar-refractivity contribution in [3.8, 4) is 0 Å². The van der Waals surface area contributed by atoms with E-state index in [0.29, 0.717) is 25.7 Å². The fourth-order valence-corrected chi connectivity index (χ4v) is 18.5. The molecule has 6 saturated heterocycles. The van der Waals surface area contributed by atoms with E-state index < -0.39 is 229 Å². The van der Waals surface area contributed by atoms with Crippen LogP contribution in [0.4, 0.5) is 0 Å². The number of rotatable bonds is 30. The van der Waals surface area contributed by atoms with Crippen LogP contribution in [0.3, 0.4) is 0 Å². The number of aliphatic hydroxyl groups excluding tert-OH is 21. The normalized spacial score (nSPS) is 51.0. The van der Waals surface area contributed by atoms with Gasteiger partial charge in [0.2, 0.25) is 0 Å². The number of fused-ring (bicyclic) bond motifs is 5. The van der Waals surface area contributed by atoms with Crippen LogP contribution < -0.4 is 0 Å². The summed E-state index contributed by atoms with van der Waals surface area (Å²) >= 11 is 0. The molecule has 36 nitrogen and oxygen atoms in total. The minimum absolute atomic E-state index is 0.00499. The first-order valence-electron chi connectivity index (χ1n) is 36.1. The van der Waals surface area contributed by atoms with E-state index in [9.17, 15) is 107 Å². The van der Waals surface area contributed by atoms with Gasteiger partial charge in [0.1, 0.15) is 146 Å². The van der Waals surface area contributed by atoms with Gasteiger partial charge in [0.15, 0.2) is 37.7 Å². The highest BCUT2D eigenvalue weighted by Gasteiger charge is 2.67. The van der Waals surface area contributed by atoms with Crippen molar-refractivity contribution in [2.75, 3.05) is 79.3 Å². The molecule has 6 heterocycles. The SMILES string of the molecule is CCC[C@@H](C)[C@H]1CC[C@H]2[C@@H]3[C@H](OCCO[C@H]4OC(CO)[C@H](O[C@@H]5OC(CO)[C@H](O)[C@@H](O)C5O)[C@@H](O)C4O)C[C@@H]4C[C@H](OCCO[C@@H]5OC(CO)[C@@H](O[C@H]6OC(CO)[C@@H](O)[C@H](O)C6O)[C@H](O)C5O)CC[C@]4(C)[C@H]3C[C@H](OCCO[C@@H]3OC(CO)[C@@H](O[C@H]4OC(CO)[C@@H](O)[C@H](O)C4O)[C@H](O)C3O)[C@]12C. The lowest BCUT2D eigenvalue weighted by molar-refractivity contribution is -0.360. The molecular formula is C66H114O36. The van der Waals surface area contributed by atoms with Crippen molar-refractivity contribution in [3.63, 3.8) is 0 Å². The summed E-state index contributed by atoms with van der Waals surface area (Å²) < 4.78 is 90.0. The van der Waals surface area contributed by atoms with Gasteiger partial charge in [0, 0.05) is 5.41 Å². The Morgan fingerprint density at radius 1 is 0.373 bits per heavy atom. The maximum Gasteiger partial charge on any atom is 0.187 e. The molecule has 10 rings (SSSR count). The smallest absolute Gasteiger partial charge is 0.187 e. The Morgan fingerprint density at radius 2 is 0.735 bits per heavy atom. The molecule has 0 bridgehead atoms. The van der Waals surface area contributed by atoms with E-state index in [1.807, 2.05) is 0 Å². The van der Waals surface area contributed by atoms with Crippen molar-refractivity contribution in [2.24, 2.45) is 46.3 Å². The van der Waals surface area contributed by atoms with Crippen molar-refractivity contribution in [2.45, 2.75) is 288 Å². The average molecular weight is 1480 g/mol. The zero-order chi connectivity index (χ0) is 74.0. The van der Waals surface area contributed by atoms with E-state index in [4.69, 9.17) is 71.1 Å². The summed E-state index contributed by atoms with van der Waals surface area (Å²) in [6.45, 7) is 4.01. The summed E-state index contributed by atoms with van der Waals surface area (Å²) in [5.74, 6) is 0.465. The van der Waals surface area contributed by atoms with Crippen molar-refractivity contribution >= 4 is 0 Å². The Hall–Kier alpha value is -1.44. The van der Waals surface area contributed by atoms with E-state index in [1.54, 1.807) is 0 Å². The largest absolute Gasteiger partial charge is 0.394 e. The zero-order valence-corrected chi connectivity index (χ0v) is 57.9. The van der Waals surface area contributed by atoms with E-state index in [2.05, 4.69) is 27.7 Å². The van der Waals surface area contributed by atoms with Gasteiger partial charge in [-0.25, -0.2) is 0 Å². The van der Waals surface area contributed by atoms with Crippen LogP contribution in [0.5, 0.6) is 0 Å². The van der Waals surface area contributed by atoms with Gasteiger partial charge < -0.3 is 178 Å². The predicted octanol–water partition coefficient (Wildman–Crippen LogP) is -8.62. The van der Waals surface area contributed by atoms with Crippen LogP contribution in [0.25, 0.3) is 0 Å². The highest BCUT2D eigenvalue weighted by atomic mass is 16.8. The van der Waals surface area contributed by atoms with E-state index in [1.165, 1.54) is 0 Å². The molecule has 4 aliphatic carbocycles. The molecule has 10 fully saturated rings. The lowest BCUT2D eigenvalue weighted by atomic mass is 9.43. The molecule has 12 unspecified atom stereocenters. The quantitative estimate of drug-likeness (QED) is 0.0297. The molecule has 6 aliphatic heterocycles. The first kappa shape index (κ1) is 83.0. The fourth-order valence-electron chi connectivity index (χ4n) is 18.5. The van der Waals surface area contributed by atoms with Crippen molar-refractivity contribution in [3.05, 3.63) is 0 Å². The topological polar surface area (TPSA) is 563 Å². The van der Waals surface area contributed by atoms with Gasteiger partial charge in [-0.3, -0.25) is 0 Å². The van der Waals surface area contributed by atoms with Crippen molar-refractivity contribution in [1.82, 2.24) is 0 Å². The third-order valence-electron chi connectivity index (χ3n) is 24.2. The van der Waals surface area contributed by atoms with Crippen LogP contribution >= 0.6 is 0 Å². The minimum atomic E-state index is -1.86. The Kier molecular flexibility index (Phi) is 29.4. The van der Waals surface area contributed by atoms with Gasteiger partial charge >= 0.3 is 0 Å². The summed E-state index contributed by atoms with van der Waals surface area (Å²) in [5.41, 5.74) is -0.753. The van der Waals surface area contributed by atoms with Gasteiger partial charge in [-0.15, -0.1) is 0 Å². The fraction of sp³-hybridized carbons (Fsp3) is 1.00. The molecule has 0 aromatic carbocycles. The molecule has 0 aromatic heterocycles. The van der Waals surface area contributed by atoms with Crippen LogP contribution in [0.2, 0.25) is 0 Å². The number of hydrogen-bond acceptors (Lipinski definition) is 36. The van der Waals surface area contributed by atoms with Gasteiger partial charge in [0.25, 0.3) is 0 Å². The molecule has 4 saturated carbocycles. The van der Waals surface area contributed by atoms with E-state index >= 15 is 0 Å². The average Bonchev–Trinajstić information content (AvgIpc) is 1.40. The predicted molar refractivity (Wildman–Crippen MR) is 336 cm³/mol. The number of aliphatic hydroxyl groups is 21. The van der Waals surface area contributed by atoms with Gasteiger partial charge in [-0.05, 0) is 85.9 Å². The molecule has 0 radical (unpaired) electrons. The van der Waals surface area contributed by atoms with E-state index in [-0.39, 0.29) is 98.9 Å². The Morgan fingerprint density at radius 3 is 1.13 bits per heavy atom. The van der Waals surface area contributed by atoms with Crippen LogP contribution in [-0.4, -0.2) is 389 Å². The summed E-state index contributed by atoms with van der Waals surface area (Å²) in [6.07, 6.45) is -43.5. The molecule has 594 valence electrons. The van der Waals surface area contributed by atoms with Gasteiger partial charge in [-0.1, -0.05) is 40.5 Å². The lowest BCUT2D eigenvalue weighted by Crippen LogP contribution is -2.64. The van der Waals surface area contributed by atoms with Crippen molar-refractivity contribution < 1.29 is 178 Å². The zero-order valence-electron chi connectivity index (χ0n) is 57.9. The number of ether oxygens (including phenoxy) is 15. The van der Waals surface area contributed by atoms with E-state index in [0.717, 1.165) is 32.1 Å². The minimum Gasteiger partial charge on any atom is -0.394 e. The third kappa shape index (κ3) is 16.9. The van der Waals surface area contributed by atoms with Gasteiger partial charge in [-0.2, -0.15) is 0 Å². The first-order chi connectivity index (χ1) is 48.6. The molecule has 36 heteroatoms. The Bertz CT molecular complexity index is 2510. The van der Waals surface area contributed by atoms with Crippen LogP contribution in [0.1, 0.15) is 85.5 Å². The molecule has 41 atom stereocenters. The molecule has 21 N–H and O–H groups in total. The van der Waals surface area contributed by atoms with Crippen LogP contribution in [0.15, 0.2) is 0 Å². The van der Waals surface area contributed by atoms with Gasteiger partial charge in [0.05, 0.1) is 97.6 Å². The maximum absolute atomic E-state index is 11.4. The highest BCUT2D eigenvalue weighted by Crippen LogP contribution is 2.69.